The van der Waals surface area contributed by atoms with Crippen molar-refractivity contribution >= 4 is 0 Å². The lowest BCUT2D eigenvalue weighted by molar-refractivity contribution is 0.495. The minimum Gasteiger partial charge on any atom is -0.310 e. The molecule has 1 heterocycles. The highest BCUT2D eigenvalue weighted by molar-refractivity contribution is 5.27. The molecule has 1 unspecified atom stereocenters. The third-order valence-corrected chi connectivity index (χ3v) is 3.58. The fourth-order valence-electron chi connectivity index (χ4n) is 2.58. The van der Waals surface area contributed by atoms with Gasteiger partial charge in [-0.15, -0.1) is 0 Å². The molecular formula is C15H29N3. The zero-order chi connectivity index (χ0) is 13.7. The van der Waals surface area contributed by atoms with Crippen LogP contribution in [0, 0.1) is 19.8 Å². The summed E-state index contributed by atoms with van der Waals surface area (Å²) in [5.41, 5.74) is 3.85. The standard InChI is InChI=1S/C15H29N3/c1-7-18-14(6)15(13(5)17-18)12(4)16-10-8-9-11(2)3/h11-12,16H,7-10H2,1-6H3. The zero-order valence-electron chi connectivity index (χ0n) is 12.9. The van der Waals surface area contributed by atoms with Crippen LogP contribution in [0.25, 0.3) is 0 Å². The van der Waals surface area contributed by atoms with E-state index in [9.17, 15) is 0 Å². The Morgan fingerprint density at radius 1 is 1.22 bits per heavy atom. The third kappa shape index (κ3) is 3.84. The van der Waals surface area contributed by atoms with E-state index in [1.54, 1.807) is 0 Å². The van der Waals surface area contributed by atoms with Crippen molar-refractivity contribution in [2.24, 2.45) is 5.92 Å². The van der Waals surface area contributed by atoms with Crippen LogP contribution in [0.15, 0.2) is 0 Å². The number of rotatable bonds is 7. The summed E-state index contributed by atoms with van der Waals surface area (Å²) in [7, 11) is 0. The SMILES string of the molecule is CCn1nc(C)c(C(C)NCCCC(C)C)c1C. The van der Waals surface area contributed by atoms with Gasteiger partial charge >= 0.3 is 0 Å². The molecule has 1 aromatic rings. The van der Waals surface area contributed by atoms with Gasteiger partial charge in [0.15, 0.2) is 0 Å². The van der Waals surface area contributed by atoms with Gasteiger partial charge in [0, 0.05) is 23.8 Å². The second-order valence-electron chi connectivity index (χ2n) is 5.61. The van der Waals surface area contributed by atoms with Crippen LogP contribution in [0.3, 0.4) is 0 Å². The molecule has 18 heavy (non-hydrogen) atoms. The molecule has 0 aliphatic heterocycles. The maximum atomic E-state index is 4.58. The molecule has 0 aliphatic rings. The van der Waals surface area contributed by atoms with Gasteiger partial charge in [0.1, 0.15) is 0 Å². The van der Waals surface area contributed by atoms with Gasteiger partial charge in [0.05, 0.1) is 5.69 Å². The molecule has 0 spiro atoms. The van der Waals surface area contributed by atoms with E-state index < -0.39 is 0 Å². The highest BCUT2D eigenvalue weighted by Crippen LogP contribution is 2.21. The Kier molecular flexibility index (Phi) is 5.86. The molecule has 0 bridgehead atoms. The summed E-state index contributed by atoms with van der Waals surface area (Å²) in [4.78, 5) is 0. The van der Waals surface area contributed by atoms with Crippen LogP contribution in [0.5, 0.6) is 0 Å². The summed E-state index contributed by atoms with van der Waals surface area (Å²) in [5, 5.41) is 8.20. The topological polar surface area (TPSA) is 29.9 Å². The molecule has 3 nitrogen and oxygen atoms in total. The number of nitrogens with zero attached hydrogens (tertiary/aromatic N) is 2. The number of nitrogens with one attached hydrogen (secondary N) is 1. The number of hydrogen-bond donors (Lipinski definition) is 1. The van der Waals surface area contributed by atoms with E-state index in [4.69, 9.17) is 0 Å². The van der Waals surface area contributed by atoms with Crippen molar-refractivity contribution in [3.8, 4) is 0 Å². The molecule has 1 N–H and O–H groups in total. The molecule has 104 valence electrons. The first kappa shape index (κ1) is 15.2. The quantitative estimate of drug-likeness (QED) is 0.750. The van der Waals surface area contributed by atoms with Gasteiger partial charge in [0.2, 0.25) is 0 Å². The Bertz CT molecular complexity index is 366. The van der Waals surface area contributed by atoms with Crippen molar-refractivity contribution < 1.29 is 0 Å². The van der Waals surface area contributed by atoms with E-state index in [0.29, 0.717) is 6.04 Å². The Labute approximate surface area is 112 Å². The smallest absolute Gasteiger partial charge is 0.0644 e. The molecule has 1 aromatic heterocycles. The molecular weight excluding hydrogens is 222 g/mol. The molecule has 0 amide bonds. The first-order valence-corrected chi connectivity index (χ1v) is 7.24. The lowest BCUT2D eigenvalue weighted by Crippen LogP contribution is -2.21. The lowest BCUT2D eigenvalue weighted by Gasteiger charge is -2.15. The predicted molar refractivity (Wildman–Crippen MR) is 77.9 cm³/mol. The largest absolute Gasteiger partial charge is 0.310 e. The van der Waals surface area contributed by atoms with E-state index in [1.165, 1.54) is 29.8 Å². The van der Waals surface area contributed by atoms with Crippen molar-refractivity contribution in [2.75, 3.05) is 6.54 Å². The molecule has 0 saturated heterocycles. The molecule has 0 fully saturated rings. The van der Waals surface area contributed by atoms with Crippen molar-refractivity contribution in [3.05, 3.63) is 17.0 Å². The average Bonchev–Trinajstić information content (AvgIpc) is 2.59. The Morgan fingerprint density at radius 2 is 1.89 bits per heavy atom. The highest BCUT2D eigenvalue weighted by Gasteiger charge is 2.16. The molecule has 1 atom stereocenters. The maximum Gasteiger partial charge on any atom is 0.0644 e. The van der Waals surface area contributed by atoms with Crippen molar-refractivity contribution in [1.82, 2.24) is 15.1 Å². The van der Waals surface area contributed by atoms with Gasteiger partial charge in [-0.05, 0) is 53.0 Å². The minimum absolute atomic E-state index is 0.400. The highest BCUT2D eigenvalue weighted by atomic mass is 15.3. The molecule has 0 aromatic carbocycles. The van der Waals surface area contributed by atoms with Crippen LogP contribution in [0.1, 0.15) is 63.5 Å². The third-order valence-electron chi connectivity index (χ3n) is 3.58. The van der Waals surface area contributed by atoms with Crippen LogP contribution >= 0.6 is 0 Å². The summed E-state index contributed by atoms with van der Waals surface area (Å²) in [6.45, 7) is 15.3. The van der Waals surface area contributed by atoms with E-state index in [1.807, 2.05) is 0 Å². The van der Waals surface area contributed by atoms with Crippen LogP contribution < -0.4 is 5.32 Å². The average molecular weight is 251 g/mol. The van der Waals surface area contributed by atoms with Gasteiger partial charge in [-0.25, -0.2) is 0 Å². The van der Waals surface area contributed by atoms with Gasteiger partial charge in [-0.3, -0.25) is 4.68 Å². The molecule has 0 radical (unpaired) electrons. The van der Waals surface area contributed by atoms with Crippen molar-refractivity contribution in [3.63, 3.8) is 0 Å². The normalized spacial score (nSPS) is 13.3. The van der Waals surface area contributed by atoms with Crippen molar-refractivity contribution in [1.29, 1.82) is 0 Å². The van der Waals surface area contributed by atoms with Gasteiger partial charge in [-0.1, -0.05) is 13.8 Å². The molecule has 3 heteroatoms. The molecule has 0 aliphatic carbocycles. The molecule has 1 rings (SSSR count). The van der Waals surface area contributed by atoms with Crippen LogP contribution in [-0.4, -0.2) is 16.3 Å². The van der Waals surface area contributed by atoms with E-state index in [-0.39, 0.29) is 0 Å². The Hall–Kier alpha value is -0.830. The Morgan fingerprint density at radius 3 is 2.39 bits per heavy atom. The van der Waals surface area contributed by atoms with Crippen LogP contribution in [0.2, 0.25) is 0 Å². The summed E-state index contributed by atoms with van der Waals surface area (Å²) >= 11 is 0. The predicted octanol–water partition coefficient (Wildman–Crippen LogP) is 3.61. The van der Waals surface area contributed by atoms with Gasteiger partial charge < -0.3 is 5.32 Å². The Balaban J connectivity index is 2.56. The van der Waals surface area contributed by atoms with Crippen LogP contribution in [0.4, 0.5) is 0 Å². The number of aromatic nitrogens is 2. The second kappa shape index (κ2) is 6.93. The van der Waals surface area contributed by atoms with Crippen LogP contribution in [-0.2, 0) is 6.54 Å². The minimum atomic E-state index is 0.400. The number of aryl methyl sites for hydroxylation is 2. The fraction of sp³-hybridized carbons (Fsp3) is 0.800. The molecule has 0 saturated carbocycles. The van der Waals surface area contributed by atoms with E-state index in [0.717, 1.165) is 19.0 Å². The first-order valence-electron chi connectivity index (χ1n) is 7.24. The van der Waals surface area contributed by atoms with Crippen molar-refractivity contribution in [2.45, 2.75) is 67.0 Å². The summed E-state index contributed by atoms with van der Waals surface area (Å²) in [6.07, 6.45) is 2.55. The summed E-state index contributed by atoms with van der Waals surface area (Å²) in [5.74, 6) is 0.799. The van der Waals surface area contributed by atoms with Gasteiger partial charge in [0.25, 0.3) is 0 Å². The first-order chi connectivity index (χ1) is 8.47. The maximum absolute atomic E-state index is 4.58. The second-order valence-corrected chi connectivity index (χ2v) is 5.61. The zero-order valence-corrected chi connectivity index (χ0v) is 12.9. The monoisotopic (exact) mass is 251 g/mol. The van der Waals surface area contributed by atoms with E-state index >= 15 is 0 Å². The number of hydrogen-bond acceptors (Lipinski definition) is 2. The summed E-state index contributed by atoms with van der Waals surface area (Å²) in [6, 6.07) is 0.400. The van der Waals surface area contributed by atoms with E-state index in [2.05, 4.69) is 56.6 Å². The fourth-order valence-corrected chi connectivity index (χ4v) is 2.58. The lowest BCUT2D eigenvalue weighted by atomic mass is 10.1. The van der Waals surface area contributed by atoms with Gasteiger partial charge in [-0.2, -0.15) is 5.10 Å². The summed E-state index contributed by atoms with van der Waals surface area (Å²) < 4.78 is 2.09.